The van der Waals surface area contributed by atoms with Crippen LogP contribution in [0.25, 0.3) is 0 Å². The van der Waals surface area contributed by atoms with Gasteiger partial charge in [0.25, 0.3) is 0 Å². The van der Waals surface area contributed by atoms with Gasteiger partial charge in [0.15, 0.2) is 0 Å². The number of benzene rings is 2. The summed E-state index contributed by atoms with van der Waals surface area (Å²) in [5.41, 5.74) is 2.24. The fourth-order valence-corrected chi connectivity index (χ4v) is 3.39. The Morgan fingerprint density at radius 2 is 2.05 bits per heavy atom. The zero-order chi connectivity index (χ0) is 15.2. The van der Waals surface area contributed by atoms with Crippen LogP contribution in [0.2, 0.25) is 0 Å². The second kappa shape index (κ2) is 8.25. The van der Waals surface area contributed by atoms with E-state index in [0.717, 1.165) is 29.4 Å². The Labute approximate surface area is 147 Å². The summed E-state index contributed by atoms with van der Waals surface area (Å²) < 4.78 is 15.5. The summed E-state index contributed by atoms with van der Waals surface area (Å²) in [4.78, 5) is 0. The number of nitrogens with one attached hydrogen (secondary N) is 1. The fourth-order valence-electron chi connectivity index (χ4n) is 2.31. The molecule has 0 aliphatic heterocycles. The van der Waals surface area contributed by atoms with Gasteiger partial charge in [0.05, 0.1) is 0 Å². The average molecular weight is 462 g/mol. The fraction of sp³-hybridized carbons (Fsp3) is 0.294. The number of halogens is 3. The zero-order valence-corrected chi connectivity index (χ0v) is 15.6. The Balaban J connectivity index is 2.23. The van der Waals surface area contributed by atoms with Crippen molar-refractivity contribution in [3.05, 3.63) is 67.5 Å². The van der Waals surface area contributed by atoms with Crippen molar-refractivity contribution in [2.24, 2.45) is 0 Å². The number of rotatable bonds is 6. The molecule has 0 aromatic heterocycles. The normalized spacial score (nSPS) is 12.4. The molecule has 0 bridgehead atoms. The Bertz CT molecular complexity index is 583. The zero-order valence-electron chi connectivity index (χ0n) is 11.9. The van der Waals surface area contributed by atoms with Crippen LogP contribution in [0.3, 0.4) is 0 Å². The molecule has 112 valence electrons. The molecule has 2 aromatic carbocycles. The van der Waals surface area contributed by atoms with E-state index in [2.05, 4.69) is 75.0 Å². The van der Waals surface area contributed by atoms with Gasteiger partial charge in [-0.2, -0.15) is 0 Å². The molecule has 1 unspecified atom stereocenters. The summed E-state index contributed by atoms with van der Waals surface area (Å²) in [5, 5.41) is 3.56. The van der Waals surface area contributed by atoms with E-state index in [1.165, 1.54) is 15.2 Å². The molecule has 0 saturated heterocycles. The van der Waals surface area contributed by atoms with E-state index in [9.17, 15) is 4.39 Å². The van der Waals surface area contributed by atoms with E-state index in [0.29, 0.717) is 0 Å². The molecule has 0 fully saturated rings. The maximum Gasteiger partial charge on any atom is 0.124 e. The first-order valence-electron chi connectivity index (χ1n) is 7.02. The van der Waals surface area contributed by atoms with Gasteiger partial charge in [-0.3, -0.25) is 0 Å². The highest BCUT2D eigenvalue weighted by Gasteiger charge is 2.13. The molecule has 2 rings (SSSR count). The molecular formula is C17H18BrFIN. The SMILES string of the molecule is CCCNC(Cc1cc(F)cc(Br)c1)c1cccc(I)c1. The molecule has 1 atom stereocenters. The summed E-state index contributed by atoms with van der Waals surface area (Å²) in [7, 11) is 0. The standard InChI is InChI=1S/C17H18BrFIN/c1-2-6-21-17(13-4-3-5-16(20)10-13)9-12-7-14(18)11-15(19)8-12/h3-5,7-8,10-11,17,21H,2,6,9H2,1H3. The number of hydrogen-bond donors (Lipinski definition) is 1. The molecule has 4 heteroatoms. The van der Waals surface area contributed by atoms with Crippen LogP contribution in [0.1, 0.15) is 30.5 Å². The molecule has 0 amide bonds. The molecule has 0 radical (unpaired) electrons. The topological polar surface area (TPSA) is 12.0 Å². The summed E-state index contributed by atoms with van der Waals surface area (Å²) in [5.74, 6) is -0.198. The molecule has 0 aliphatic carbocycles. The van der Waals surface area contributed by atoms with E-state index < -0.39 is 0 Å². The maximum absolute atomic E-state index is 13.5. The minimum absolute atomic E-state index is 0.198. The van der Waals surface area contributed by atoms with Gasteiger partial charge >= 0.3 is 0 Å². The highest BCUT2D eigenvalue weighted by molar-refractivity contribution is 14.1. The van der Waals surface area contributed by atoms with Crippen LogP contribution >= 0.6 is 38.5 Å². The van der Waals surface area contributed by atoms with Crippen molar-refractivity contribution in [3.63, 3.8) is 0 Å². The molecule has 1 nitrogen and oxygen atoms in total. The lowest BCUT2D eigenvalue weighted by molar-refractivity contribution is 0.527. The predicted molar refractivity (Wildman–Crippen MR) is 98.0 cm³/mol. The average Bonchev–Trinajstić information content (AvgIpc) is 2.42. The van der Waals surface area contributed by atoms with Gasteiger partial charge in [-0.15, -0.1) is 0 Å². The second-order valence-electron chi connectivity index (χ2n) is 5.04. The first kappa shape index (κ1) is 16.9. The Morgan fingerprint density at radius 1 is 1.24 bits per heavy atom. The molecule has 0 heterocycles. The molecule has 0 aliphatic rings. The third-order valence-corrected chi connectivity index (χ3v) is 4.38. The van der Waals surface area contributed by atoms with Crippen molar-refractivity contribution < 1.29 is 4.39 Å². The Kier molecular flexibility index (Phi) is 6.64. The summed E-state index contributed by atoms with van der Waals surface area (Å²) in [6.07, 6.45) is 1.85. The van der Waals surface area contributed by atoms with Crippen LogP contribution in [0.4, 0.5) is 4.39 Å². The van der Waals surface area contributed by atoms with Gasteiger partial charge in [-0.05, 0) is 83.4 Å². The largest absolute Gasteiger partial charge is 0.310 e. The van der Waals surface area contributed by atoms with E-state index in [-0.39, 0.29) is 11.9 Å². The minimum atomic E-state index is -0.198. The second-order valence-corrected chi connectivity index (χ2v) is 7.20. The summed E-state index contributed by atoms with van der Waals surface area (Å²) >= 11 is 5.68. The highest BCUT2D eigenvalue weighted by atomic mass is 127. The molecular weight excluding hydrogens is 444 g/mol. The molecule has 2 aromatic rings. The van der Waals surface area contributed by atoms with Crippen molar-refractivity contribution in [1.82, 2.24) is 5.32 Å². The van der Waals surface area contributed by atoms with E-state index in [1.807, 2.05) is 6.07 Å². The smallest absolute Gasteiger partial charge is 0.124 e. The van der Waals surface area contributed by atoms with Crippen LogP contribution in [-0.4, -0.2) is 6.54 Å². The molecule has 1 N–H and O–H groups in total. The Hall–Kier alpha value is -0.460. The van der Waals surface area contributed by atoms with Crippen molar-refractivity contribution >= 4 is 38.5 Å². The first-order chi connectivity index (χ1) is 10.1. The van der Waals surface area contributed by atoms with Crippen molar-refractivity contribution in [2.45, 2.75) is 25.8 Å². The lowest BCUT2D eigenvalue weighted by Crippen LogP contribution is -2.24. The van der Waals surface area contributed by atoms with Crippen molar-refractivity contribution in [1.29, 1.82) is 0 Å². The Morgan fingerprint density at radius 3 is 2.71 bits per heavy atom. The van der Waals surface area contributed by atoms with E-state index >= 15 is 0 Å². The quantitative estimate of drug-likeness (QED) is 0.562. The van der Waals surface area contributed by atoms with Gasteiger partial charge < -0.3 is 5.32 Å². The van der Waals surface area contributed by atoms with Crippen molar-refractivity contribution in [3.8, 4) is 0 Å². The molecule has 0 saturated carbocycles. The lowest BCUT2D eigenvalue weighted by Gasteiger charge is -2.20. The third kappa shape index (κ3) is 5.34. The minimum Gasteiger partial charge on any atom is -0.310 e. The monoisotopic (exact) mass is 461 g/mol. The van der Waals surface area contributed by atoms with Crippen LogP contribution < -0.4 is 5.32 Å². The first-order valence-corrected chi connectivity index (χ1v) is 8.89. The number of hydrogen-bond acceptors (Lipinski definition) is 1. The van der Waals surface area contributed by atoms with E-state index in [4.69, 9.17) is 0 Å². The van der Waals surface area contributed by atoms with E-state index in [1.54, 1.807) is 6.07 Å². The maximum atomic E-state index is 13.5. The van der Waals surface area contributed by atoms with Gasteiger partial charge in [0.2, 0.25) is 0 Å². The van der Waals surface area contributed by atoms with Gasteiger partial charge in [-0.1, -0.05) is 35.0 Å². The van der Waals surface area contributed by atoms with Crippen LogP contribution in [-0.2, 0) is 6.42 Å². The van der Waals surface area contributed by atoms with Crippen LogP contribution in [0.15, 0.2) is 46.9 Å². The predicted octanol–water partition coefficient (Wildman–Crippen LogP) is 5.48. The summed E-state index contributed by atoms with van der Waals surface area (Å²) in [6.45, 7) is 3.10. The molecule has 0 spiro atoms. The van der Waals surface area contributed by atoms with Crippen molar-refractivity contribution in [2.75, 3.05) is 6.54 Å². The van der Waals surface area contributed by atoms with Gasteiger partial charge in [0, 0.05) is 14.1 Å². The highest BCUT2D eigenvalue weighted by Crippen LogP contribution is 2.23. The third-order valence-electron chi connectivity index (χ3n) is 3.25. The van der Waals surface area contributed by atoms with Gasteiger partial charge in [0.1, 0.15) is 5.82 Å². The molecule has 21 heavy (non-hydrogen) atoms. The van der Waals surface area contributed by atoms with Crippen LogP contribution in [0, 0.1) is 9.39 Å². The van der Waals surface area contributed by atoms with Crippen LogP contribution in [0.5, 0.6) is 0 Å². The lowest BCUT2D eigenvalue weighted by atomic mass is 9.98. The summed E-state index contributed by atoms with van der Waals surface area (Å²) in [6, 6.07) is 13.7. The van der Waals surface area contributed by atoms with Gasteiger partial charge in [-0.25, -0.2) is 4.39 Å².